The van der Waals surface area contributed by atoms with Crippen molar-refractivity contribution >= 4 is 17.9 Å². The minimum atomic E-state index is -1.25. The first-order valence-electron chi connectivity index (χ1n) is 7.79. The predicted molar refractivity (Wildman–Crippen MR) is 91.9 cm³/mol. The molecule has 0 aromatic heterocycles. The summed E-state index contributed by atoms with van der Waals surface area (Å²) in [7, 11) is -1.25. The highest BCUT2D eigenvalue weighted by atomic mass is 31.2. The van der Waals surface area contributed by atoms with E-state index in [1.54, 1.807) is 10.6 Å². The van der Waals surface area contributed by atoms with E-state index in [9.17, 15) is 0 Å². The van der Waals surface area contributed by atoms with E-state index in [1.165, 1.54) is 32.1 Å². The van der Waals surface area contributed by atoms with Gasteiger partial charge in [0.15, 0.2) is 0 Å². The number of hydrogen-bond donors (Lipinski definition) is 0. The second-order valence-corrected chi connectivity index (χ2v) is 9.95. The van der Waals surface area contributed by atoms with Gasteiger partial charge in [-0.25, -0.2) is 0 Å². The molecule has 0 spiro atoms. The molecule has 0 aliphatic heterocycles. The molecular formula is C19H24P+. The van der Waals surface area contributed by atoms with E-state index in [0.717, 1.165) is 5.66 Å². The van der Waals surface area contributed by atoms with Gasteiger partial charge in [-0.05, 0) is 49.9 Å². The van der Waals surface area contributed by atoms with Crippen molar-refractivity contribution in [2.75, 3.05) is 6.66 Å². The fourth-order valence-electron chi connectivity index (χ4n) is 3.64. The molecule has 0 radical (unpaired) electrons. The quantitative estimate of drug-likeness (QED) is 0.721. The van der Waals surface area contributed by atoms with Crippen molar-refractivity contribution in [2.45, 2.75) is 37.8 Å². The summed E-state index contributed by atoms with van der Waals surface area (Å²) in [5.41, 5.74) is 0.876. The molecule has 1 aliphatic carbocycles. The summed E-state index contributed by atoms with van der Waals surface area (Å²) in [4.78, 5) is 0. The van der Waals surface area contributed by atoms with E-state index in [-0.39, 0.29) is 0 Å². The van der Waals surface area contributed by atoms with Gasteiger partial charge in [0.05, 0.1) is 30.2 Å². The van der Waals surface area contributed by atoms with Gasteiger partial charge in [0.1, 0.15) is 0 Å². The Labute approximate surface area is 123 Å². The zero-order valence-electron chi connectivity index (χ0n) is 12.3. The Kier molecular flexibility index (Phi) is 4.22. The maximum Gasteiger partial charge on any atom is 0.0991 e. The van der Waals surface area contributed by atoms with Gasteiger partial charge >= 0.3 is 0 Å². The topological polar surface area (TPSA) is 0 Å². The standard InChI is InChI=1S/C19H24P/c1-20(17-11-5-2-6-12-17,18-13-7-3-8-14-18)19-15-9-4-10-16-19/h2-3,5-8,11-14,19H,4,9-10,15-16H2,1H3/q+1. The summed E-state index contributed by atoms with van der Waals surface area (Å²) in [6.45, 7) is 2.56. The zero-order valence-corrected chi connectivity index (χ0v) is 13.2. The molecule has 0 atom stereocenters. The Morgan fingerprint density at radius 1 is 0.700 bits per heavy atom. The van der Waals surface area contributed by atoms with Crippen LogP contribution in [0.5, 0.6) is 0 Å². The van der Waals surface area contributed by atoms with Gasteiger partial charge in [-0.1, -0.05) is 42.8 Å². The molecule has 2 aromatic rings. The monoisotopic (exact) mass is 283 g/mol. The molecular weight excluding hydrogens is 259 g/mol. The predicted octanol–water partition coefficient (Wildman–Crippen LogP) is 4.62. The number of hydrogen-bond acceptors (Lipinski definition) is 0. The molecule has 0 unspecified atom stereocenters. The van der Waals surface area contributed by atoms with Gasteiger partial charge in [-0.3, -0.25) is 0 Å². The van der Waals surface area contributed by atoms with Gasteiger partial charge in [-0.2, -0.15) is 0 Å². The van der Waals surface area contributed by atoms with Crippen molar-refractivity contribution in [1.82, 2.24) is 0 Å². The summed E-state index contributed by atoms with van der Waals surface area (Å²) in [5.74, 6) is 0. The average Bonchev–Trinajstić information content (AvgIpc) is 2.56. The van der Waals surface area contributed by atoms with Crippen LogP contribution in [0.1, 0.15) is 32.1 Å². The van der Waals surface area contributed by atoms with E-state index in [4.69, 9.17) is 0 Å². The van der Waals surface area contributed by atoms with Gasteiger partial charge in [-0.15, -0.1) is 0 Å². The van der Waals surface area contributed by atoms with Crippen LogP contribution in [-0.4, -0.2) is 12.3 Å². The van der Waals surface area contributed by atoms with Crippen molar-refractivity contribution in [2.24, 2.45) is 0 Å². The number of benzene rings is 2. The molecule has 3 rings (SSSR count). The maximum absolute atomic E-state index is 2.56. The second-order valence-electron chi connectivity index (χ2n) is 6.04. The molecule has 20 heavy (non-hydrogen) atoms. The fraction of sp³-hybridized carbons (Fsp3) is 0.368. The molecule has 2 aromatic carbocycles. The first kappa shape index (κ1) is 13.8. The highest BCUT2D eigenvalue weighted by Gasteiger charge is 2.45. The Morgan fingerprint density at radius 3 is 1.60 bits per heavy atom. The highest BCUT2D eigenvalue weighted by molar-refractivity contribution is 7.89. The van der Waals surface area contributed by atoms with Gasteiger partial charge in [0.2, 0.25) is 0 Å². The first-order chi connectivity index (χ1) is 9.82. The minimum Gasteiger partial charge on any atom is -0.0620 e. The number of rotatable bonds is 3. The summed E-state index contributed by atoms with van der Waals surface area (Å²) in [5, 5.41) is 3.16. The summed E-state index contributed by atoms with van der Waals surface area (Å²) < 4.78 is 0. The average molecular weight is 283 g/mol. The van der Waals surface area contributed by atoms with Crippen LogP contribution in [0.3, 0.4) is 0 Å². The third kappa shape index (κ3) is 2.54. The van der Waals surface area contributed by atoms with Crippen LogP contribution in [0, 0.1) is 0 Å². The van der Waals surface area contributed by atoms with Crippen molar-refractivity contribution < 1.29 is 0 Å². The van der Waals surface area contributed by atoms with Crippen molar-refractivity contribution in [1.29, 1.82) is 0 Å². The lowest BCUT2D eigenvalue weighted by atomic mass is 10.0. The Balaban J connectivity index is 2.07. The molecule has 0 amide bonds. The smallest absolute Gasteiger partial charge is 0.0620 e. The Hall–Kier alpha value is -1.13. The van der Waals surface area contributed by atoms with Crippen molar-refractivity contribution in [3.8, 4) is 0 Å². The second kappa shape index (κ2) is 6.10. The molecule has 0 nitrogen and oxygen atoms in total. The Morgan fingerprint density at radius 2 is 1.15 bits per heavy atom. The third-order valence-corrected chi connectivity index (χ3v) is 9.61. The summed E-state index contributed by atoms with van der Waals surface area (Å²) in [6.07, 6.45) is 7.09. The van der Waals surface area contributed by atoms with Crippen LogP contribution in [0.4, 0.5) is 0 Å². The highest BCUT2D eigenvalue weighted by Crippen LogP contribution is 2.61. The van der Waals surface area contributed by atoms with Gasteiger partial charge in [0, 0.05) is 0 Å². The third-order valence-electron chi connectivity index (χ3n) is 4.89. The van der Waals surface area contributed by atoms with Crippen LogP contribution in [0.2, 0.25) is 0 Å². The van der Waals surface area contributed by atoms with E-state index in [0.29, 0.717) is 0 Å². The van der Waals surface area contributed by atoms with E-state index in [2.05, 4.69) is 67.3 Å². The van der Waals surface area contributed by atoms with E-state index in [1.807, 2.05) is 0 Å². The van der Waals surface area contributed by atoms with Crippen LogP contribution in [-0.2, 0) is 0 Å². The van der Waals surface area contributed by atoms with Crippen LogP contribution in [0.15, 0.2) is 60.7 Å². The van der Waals surface area contributed by atoms with Crippen molar-refractivity contribution in [3.63, 3.8) is 0 Å². The van der Waals surface area contributed by atoms with Crippen molar-refractivity contribution in [3.05, 3.63) is 60.7 Å². The SMILES string of the molecule is C[P+](c1ccccc1)(c1ccccc1)C1CCCCC1. The molecule has 104 valence electrons. The summed E-state index contributed by atoms with van der Waals surface area (Å²) >= 11 is 0. The first-order valence-corrected chi connectivity index (χ1v) is 10.1. The van der Waals surface area contributed by atoms with Crippen LogP contribution in [0.25, 0.3) is 0 Å². The van der Waals surface area contributed by atoms with Gasteiger partial charge in [0.25, 0.3) is 0 Å². The fourth-order valence-corrected chi connectivity index (χ4v) is 7.77. The molecule has 1 fully saturated rings. The van der Waals surface area contributed by atoms with E-state index >= 15 is 0 Å². The lowest BCUT2D eigenvalue weighted by Crippen LogP contribution is -2.32. The molecule has 0 saturated heterocycles. The molecule has 1 aliphatic rings. The molecule has 1 heteroatoms. The Bertz CT molecular complexity index is 487. The summed E-state index contributed by atoms with van der Waals surface area (Å²) in [6, 6.07) is 22.5. The molecule has 0 bridgehead atoms. The normalized spacial score (nSPS) is 17.1. The minimum absolute atomic E-state index is 0.876. The van der Waals surface area contributed by atoms with Gasteiger partial charge < -0.3 is 0 Å². The van der Waals surface area contributed by atoms with Crippen LogP contribution >= 0.6 is 7.26 Å². The molecule has 0 N–H and O–H groups in total. The zero-order chi connectivity index (χ0) is 13.8. The molecule has 1 saturated carbocycles. The van der Waals surface area contributed by atoms with E-state index < -0.39 is 7.26 Å². The largest absolute Gasteiger partial charge is 0.0991 e. The van der Waals surface area contributed by atoms with Crippen LogP contribution < -0.4 is 10.6 Å². The lowest BCUT2D eigenvalue weighted by molar-refractivity contribution is 0.510. The lowest BCUT2D eigenvalue weighted by Gasteiger charge is -2.34. The maximum atomic E-state index is 2.56. The molecule has 0 heterocycles.